The second kappa shape index (κ2) is 21.3. The van der Waals surface area contributed by atoms with E-state index < -0.39 is 17.2 Å². The zero-order chi connectivity index (χ0) is 38.2. The monoisotopic (exact) mass is 714 g/mol. The van der Waals surface area contributed by atoms with Gasteiger partial charge in [-0.2, -0.15) is 0 Å². The van der Waals surface area contributed by atoms with Gasteiger partial charge in [-0.1, -0.05) is 26.7 Å². The number of aryl methyl sites for hydroxylation is 4. The lowest BCUT2D eigenvalue weighted by molar-refractivity contribution is -0.0135. The third kappa shape index (κ3) is 14.7. The van der Waals surface area contributed by atoms with Crippen LogP contribution >= 0.6 is 0 Å². The summed E-state index contributed by atoms with van der Waals surface area (Å²) >= 11 is 0. The Morgan fingerprint density at radius 3 is 1.45 bits per heavy atom. The maximum atomic E-state index is 12.5. The molecule has 2 aliphatic heterocycles. The van der Waals surface area contributed by atoms with Crippen molar-refractivity contribution in [2.24, 2.45) is 5.73 Å². The number of unbranched alkanes of at least 4 members (excludes halogenated alkanes) is 2. The lowest BCUT2D eigenvalue weighted by Crippen LogP contribution is -2.50. The summed E-state index contributed by atoms with van der Waals surface area (Å²) in [6.07, 6.45) is 7.23. The summed E-state index contributed by atoms with van der Waals surface area (Å²) < 4.78 is 11.5. The fraction of sp³-hybridized carbons (Fsp3) is 0.650. The van der Waals surface area contributed by atoms with Gasteiger partial charge in [-0.15, -0.1) is 0 Å². The van der Waals surface area contributed by atoms with E-state index in [1.54, 1.807) is 12.1 Å². The first-order valence-electron chi connectivity index (χ1n) is 18.6. The van der Waals surface area contributed by atoms with Crippen molar-refractivity contribution in [1.82, 2.24) is 15.1 Å². The van der Waals surface area contributed by atoms with Crippen molar-refractivity contribution >= 4 is 11.9 Å². The largest absolute Gasteiger partial charge is 0.493 e. The van der Waals surface area contributed by atoms with Crippen molar-refractivity contribution in [2.45, 2.75) is 104 Å². The van der Waals surface area contributed by atoms with Gasteiger partial charge in [0.2, 0.25) is 0 Å². The maximum absolute atomic E-state index is 12.5. The Kier molecular flexibility index (Phi) is 18.4. The number of amides is 1. The lowest BCUT2D eigenvalue weighted by atomic mass is 9.91. The van der Waals surface area contributed by atoms with Crippen LogP contribution in [0.4, 0.5) is 0 Å². The quantitative estimate of drug-likeness (QED) is 0.174. The van der Waals surface area contributed by atoms with Gasteiger partial charge < -0.3 is 45.6 Å². The Bertz CT molecular complexity index is 1340. The fourth-order valence-corrected chi connectivity index (χ4v) is 6.04. The van der Waals surface area contributed by atoms with Crippen LogP contribution in [0, 0.1) is 27.7 Å². The van der Waals surface area contributed by atoms with Crippen LogP contribution in [0.3, 0.4) is 0 Å². The Hall–Kier alpha value is -3.22. The van der Waals surface area contributed by atoms with Gasteiger partial charge in [0.15, 0.2) is 0 Å². The Morgan fingerprint density at radius 2 is 1.10 bits per heavy atom. The molecule has 0 aromatic heterocycles. The normalized spacial score (nSPS) is 16.9. The van der Waals surface area contributed by atoms with E-state index >= 15 is 0 Å². The van der Waals surface area contributed by atoms with Gasteiger partial charge in [0, 0.05) is 44.8 Å². The minimum Gasteiger partial charge on any atom is -0.493 e. The second-order valence-corrected chi connectivity index (χ2v) is 14.5. The van der Waals surface area contributed by atoms with Crippen molar-refractivity contribution in [3.05, 3.63) is 57.6 Å². The zero-order valence-corrected chi connectivity index (χ0v) is 32.6. The first kappa shape index (κ1) is 43.9. The molecule has 2 aromatic carbocycles. The number of ether oxygens (including phenoxy) is 2. The summed E-state index contributed by atoms with van der Waals surface area (Å²) in [5.41, 5.74) is 8.70. The minimum atomic E-state index is -0.897. The van der Waals surface area contributed by atoms with Crippen LogP contribution in [0.1, 0.15) is 108 Å². The summed E-state index contributed by atoms with van der Waals surface area (Å²) in [5.74, 6) is 0.655. The maximum Gasteiger partial charge on any atom is 0.335 e. The van der Waals surface area contributed by atoms with Crippen molar-refractivity contribution < 1.29 is 34.4 Å². The number of carbonyl (C=O) groups is 2. The van der Waals surface area contributed by atoms with Gasteiger partial charge in [-0.05, 0) is 127 Å². The highest BCUT2D eigenvalue weighted by Crippen LogP contribution is 2.27. The van der Waals surface area contributed by atoms with Gasteiger partial charge in [-0.3, -0.25) is 4.79 Å². The van der Waals surface area contributed by atoms with Gasteiger partial charge >= 0.3 is 5.97 Å². The average molecular weight is 715 g/mol. The van der Waals surface area contributed by atoms with Gasteiger partial charge in [-0.25, -0.2) is 4.79 Å². The van der Waals surface area contributed by atoms with Crippen LogP contribution in [0.5, 0.6) is 11.5 Å². The van der Waals surface area contributed by atoms with E-state index in [4.69, 9.17) is 20.3 Å². The topological polar surface area (TPSA) is 158 Å². The van der Waals surface area contributed by atoms with Crippen molar-refractivity contribution in [2.75, 3.05) is 66.6 Å². The Balaban J connectivity index is 0.000000295. The molecule has 2 heterocycles. The molecule has 0 saturated carbocycles. The van der Waals surface area contributed by atoms with Crippen LogP contribution in [0.2, 0.25) is 0 Å². The van der Waals surface area contributed by atoms with Crippen molar-refractivity contribution in [3.8, 4) is 11.5 Å². The lowest BCUT2D eigenvalue weighted by Gasteiger charge is -2.36. The highest BCUT2D eigenvalue weighted by molar-refractivity contribution is 5.95. The molecule has 2 aliphatic rings. The molecule has 11 heteroatoms. The molecule has 2 aromatic rings. The number of carboxylic acid groups (broad SMARTS) is 1. The number of aromatic carboxylic acids is 1. The molecule has 6 N–H and O–H groups in total. The number of carboxylic acids is 1. The van der Waals surface area contributed by atoms with E-state index in [0.29, 0.717) is 50.3 Å². The average Bonchev–Trinajstić information content (AvgIpc) is 3.09. The Labute approximate surface area is 306 Å². The molecule has 0 radical (unpaired) electrons. The van der Waals surface area contributed by atoms with E-state index in [-0.39, 0.29) is 5.91 Å². The SMILES string of the molecule is CCCCOc1c(C)cc(C(=O)NCC2(O)CCN(C)CC2)cc1C.CCCCOc1c(C)cc(C(=O)O)cc1C.CN1CCC(O)(CN)CC1. The summed E-state index contributed by atoms with van der Waals surface area (Å²) in [5, 5.41) is 32.0. The standard InChI is InChI=1S/C20H32N2O3.C13H18O3.C7H16N2O/c1-5-6-11-25-18-15(2)12-17(13-16(18)3)19(23)21-14-20(24)7-9-22(4)10-8-20;1-4-5-6-16-12-9(2)7-11(13(14)15)8-10(12)3;1-9-4-2-7(10,6-8)3-5-9/h12-13,24H,5-11,14H2,1-4H3,(H,21,23);7-8H,4-6H2,1-3H3,(H,14,15);10H,2-6,8H2,1H3. The predicted molar refractivity (Wildman–Crippen MR) is 204 cm³/mol. The molecule has 0 spiro atoms. The van der Waals surface area contributed by atoms with Crippen LogP contribution in [-0.4, -0.2) is 115 Å². The number of benzene rings is 2. The van der Waals surface area contributed by atoms with Crippen LogP contribution in [0.15, 0.2) is 24.3 Å². The number of hydrogen-bond acceptors (Lipinski definition) is 9. The summed E-state index contributed by atoms with van der Waals surface area (Å²) in [6, 6.07) is 7.03. The Morgan fingerprint density at radius 1 is 0.725 bits per heavy atom. The molecule has 11 nitrogen and oxygen atoms in total. The molecule has 2 fully saturated rings. The number of hydrogen-bond donors (Lipinski definition) is 5. The molecule has 0 atom stereocenters. The molecule has 0 aliphatic carbocycles. The van der Waals surface area contributed by atoms with Gasteiger partial charge in [0.25, 0.3) is 5.91 Å². The molecular formula is C40H66N4O7. The van der Waals surface area contributed by atoms with Gasteiger partial charge in [0.05, 0.1) is 30.0 Å². The van der Waals surface area contributed by atoms with E-state index in [1.165, 1.54) is 0 Å². The first-order chi connectivity index (χ1) is 24.1. The number of nitrogens with one attached hydrogen (secondary N) is 1. The van der Waals surface area contributed by atoms with E-state index in [2.05, 4.69) is 36.0 Å². The smallest absolute Gasteiger partial charge is 0.335 e. The summed E-state index contributed by atoms with van der Waals surface area (Å²) in [6.45, 7) is 17.7. The van der Waals surface area contributed by atoms with Crippen LogP contribution in [0.25, 0.3) is 0 Å². The molecule has 51 heavy (non-hydrogen) atoms. The van der Waals surface area contributed by atoms with Gasteiger partial charge in [0.1, 0.15) is 11.5 Å². The third-order valence-corrected chi connectivity index (χ3v) is 9.71. The highest BCUT2D eigenvalue weighted by atomic mass is 16.5. The third-order valence-electron chi connectivity index (χ3n) is 9.71. The predicted octanol–water partition coefficient (Wildman–Crippen LogP) is 5.25. The van der Waals surface area contributed by atoms with Crippen molar-refractivity contribution in [3.63, 3.8) is 0 Å². The summed E-state index contributed by atoms with van der Waals surface area (Å²) in [4.78, 5) is 27.7. The number of carbonyl (C=O) groups excluding carboxylic acids is 1. The number of piperidine rings is 2. The highest BCUT2D eigenvalue weighted by Gasteiger charge is 2.32. The number of likely N-dealkylation sites (tertiary alicyclic amines) is 2. The molecule has 1 amide bonds. The number of rotatable bonds is 13. The molecule has 4 rings (SSSR count). The number of aliphatic hydroxyl groups is 2. The first-order valence-corrected chi connectivity index (χ1v) is 18.6. The van der Waals surface area contributed by atoms with E-state index in [0.717, 1.165) is 98.5 Å². The van der Waals surface area contributed by atoms with Crippen LogP contribution < -0.4 is 20.5 Å². The molecule has 0 unspecified atom stereocenters. The molecule has 2 saturated heterocycles. The second-order valence-electron chi connectivity index (χ2n) is 14.5. The molecular weight excluding hydrogens is 648 g/mol. The minimum absolute atomic E-state index is 0.140. The van der Waals surface area contributed by atoms with Crippen molar-refractivity contribution in [1.29, 1.82) is 0 Å². The number of nitrogens with two attached hydrogens (primary N) is 1. The summed E-state index contributed by atoms with van der Waals surface area (Å²) in [7, 11) is 4.12. The van der Waals surface area contributed by atoms with Crippen LogP contribution in [-0.2, 0) is 0 Å². The van der Waals surface area contributed by atoms with E-state index in [9.17, 15) is 19.8 Å². The molecule has 288 valence electrons. The zero-order valence-electron chi connectivity index (χ0n) is 32.6. The van der Waals surface area contributed by atoms with E-state index in [1.807, 2.05) is 46.9 Å². The molecule has 0 bridgehead atoms. The number of nitrogens with zero attached hydrogens (tertiary/aromatic N) is 2. The fourth-order valence-electron chi connectivity index (χ4n) is 6.04.